The second-order valence-corrected chi connectivity index (χ2v) is 12.8. The van der Waals surface area contributed by atoms with Gasteiger partial charge in [0.05, 0.1) is 34.3 Å². The smallest absolute Gasteiger partial charge is 0.339 e. The SMILES string of the molecule is CC(OC(=O)c1cc(-c2ccc(N3C(=O)C4C5C=CC(C5)C4C3=O)cc2)nc2ccccc12)C(=O)c1ccc(OCc2ccccc2)cc1. The van der Waals surface area contributed by atoms with Crippen LogP contribution in [0, 0.1) is 23.7 Å². The fraction of sp³-hybridized carbons (Fsp3) is 0.195. The molecule has 5 unspecified atom stereocenters. The summed E-state index contributed by atoms with van der Waals surface area (Å²) in [6.07, 6.45) is 3.99. The van der Waals surface area contributed by atoms with Crippen molar-refractivity contribution >= 4 is 40.2 Å². The van der Waals surface area contributed by atoms with Crippen LogP contribution in [0.5, 0.6) is 5.75 Å². The Morgan fingerprint density at radius 1 is 0.816 bits per heavy atom. The van der Waals surface area contributed by atoms with Crippen molar-refractivity contribution in [2.24, 2.45) is 23.7 Å². The molecule has 8 heteroatoms. The minimum atomic E-state index is -1.04. The zero-order valence-electron chi connectivity index (χ0n) is 26.7. The third kappa shape index (κ3) is 5.49. The van der Waals surface area contributed by atoms with Gasteiger partial charge in [-0.05, 0) is 79.3 Å². The minimum absolute atomic E-state index is 0.135. The molecule has 49 heavy (non-hydrogen) atoms. The number of esters is 1. The number of imide groups is 1. The maximum Gasteiger partial charge on any atom is 0.339 e. The van der Waals surface area contributed by atoms with Gasteiger partial charge in [-0.1, -0.05) is 72.8 Å². The average molecular weight is 649 g/mol. The number of amides is 2. The van der Waals surface area contributed by atoms with E-state index in [9.17, 15) is 19.2 Å². The number of pyridine rings is 1. The lowest BCUT2D eigenvalue weighted by atomic mass is 9.85. The topological polar surface area (TPSA) is 103 Å². The highest BCUT2D eigenvalue weighted by Crippen LogP contribution is 2.53. The third-order valence-electron chi connectivity index (χ3n) is 9.87. The average Bonchev–Trinajstić information content (AvgIpc) is 3.84. The molecule has 1 saturated carbocycles. The summed E-state index contributed by atoms with van der Waals surface area (Å²) >= 11 is 0. The number of carbonyl (C=O) groups excluding carboxylic acids is 4. The van der Waals surface area contributed by atoms with E-state index < -0.39 is 12.1 Å². The summed E-state index contributed by atoms with van der Waals surface area (Å²) in [6, 6.07) is 32.5. The molecule has 5 aromatic rings. The van der Waals surface area contributed by atoms with Crippen LogP contribution in [-0.4, -0.2) is 34.7 Å². The third-order valence-corrected chi connectivity index (χ3v) is 9.87. The van der Waals surface area contributed by atoms with Crippen LogP contribution < -0.4 is 9.64 Å². The van der Waals surface area contributed by atoms with E-state index in [0.717, 1.165) is 12.0 Å². The number of anilines is 1. The van der Waals surface area contributed by atoms with Crippen molar-refractivity contribution < 1.29 is 28.7 Å². The van der Waals surface area contributed by atoms with Crippen LogP contribution >= 0.6 is 0 Å². The molecule has 242 valence electrons. The predicted octanol–water partition coefficient (Wildman–Crippen LogP) is 7.22. The molecule has 3 aliphatic rings. The first-order valence-electron chi connectivity index (χ1n) is 16.4. The highest BCUT2D eigenvalue weighted by molar-refractivity contribution is 6.23. The van der Waals surface area contributed by atoms with Gasteiger partial charge in [0.25, 0.3) is 0 Å². The molecule has 0 radical (unpaired) electrons. The number of aromatic nitrogens is 1. The minimum Gasteiger partial charge on any atom is -0.489 e. The van der Waals surface area contributed by atoms with Gasteiger partial charge in [0.15, 0.2) is 6.10 Å². The molecule has 5 atom stereocenters. The maximum atomic E-state index is 13.6. The fourth-order valence-electron chi connectivity index (χ4n) is 7.40. The van der Waals surface area contributed by atoms with Crippen molar-refractivity contribution in [2.75, 3.05) is 4.90 Å². The molecule has 0 N–H and O–H groups in total. The Kier molecular flexibility index (Phi) is 7.63. The number of para-hydroxylation sites is 1. The first kappa shape index (κ1) is 30.4. The summed E-state index contributed by atoms with van der Waals surface area (Å²) in [4.78, 5) is 59.6. The van der Waals surface area contributed by atoms with E-state index >= 15 is 0 Å². The van der Waals surface area contributed by atoms with Crippen molar-refractivity contribution in [3.63, 3.8) is 0 Å². The number of hydrogen-bond donors (Lipinski definition) is 0. The number of ketones is 1. The normalized spacial score (nSPS) is 21.2. The molecule has 0 spiro atoms. The van der Waals surface area contributed by atoms with Crippen molar-refractivity contribution in [3.05, 3.63) is 138 Å². The van der Waals surface area contributed by atoms with E-state index in [1.807, 2.05) is 48.5 Å². The van der Waals surface area contributed by atoms with Gasteiger partial charge >= 0.3 is 5.97 Å². The first-order chi connectivity index (χ1) is 23.9. The fourth-order valence-corrected chi connectivity index (χ4v) is 7.40. The van der Waals surface area contributed by atoms with E-state index in [-0.39, 0.29) is 46.8 Å². The van der Waals surface area contributed by atoms with Crippen molar-refractivity contribution in [3.8, 4) is 17.0 Å². The van der Waals surface area contributed by atoms with Gasteiger partial charge in [-0.3, -0.25) is 19.3 Å². The standard InChI is InChI=1S/C41H32N2O6/c1-24(38(44)27-15-19-31(20-16-27)48-23-25-7-3-2-4-8-25)49-41(47)33-22-35(42-34-10-6-5-9-32(33)34)26-13-17-30(18-14-26)43-39(45)36-28-11-12-29(21-28)37(36)40(43)46/h2-20,22,24,28-29,36-37H,21,23H2,1H3. The molecule has 2 aliphatic carbocycles. The summed E-state index contributed by atoms with van der Waals surface area (Å²) in [7, 11) is 0. The Balaban J connectivity index is 0.986. The molecule has 2 amide bonds. The molecule has 1 aromatic heterocycles. The summed E-state index contributed by atoms with van der Waals surface area (Å²) in [5, 5.41) is 0.593. The van der Waals surface area contributed by atoms with Crippen molar-refractivity contribution in [1.29, 1.82) is 0 Å². The Labute approximate surface area is 283 Å². The highest BCUT2D eigenvalue weighted by atomic mass is 16.5. The van der Waals surface area contributed by atoms with Gasteiger partial charge in [0.2, 0.25) is 17.6 Å². The van der Waals surface area contributed by atoms with Crippen LogP contribution in [0.25, 0.3) is 22.2 Å². The van der Waals surface area contributed by atoms with E-state index in [1.54, 1.807) is 67.6 Å². The summed E-state index contributed by atoms with van der Waals surface area (Å²) in [6.45, 7) is 1.96. The van der Waals surface area contributed by atoms with Crippen LogP contribution in [0.2, 0.25) is 0 Å². The zero-order valence-corrected chi connectivity index (χ0v) is 26.7. The van der Waals surface area contributed by atoms with E-state index in [1.165, 1.54) is 4.90 Å². The van der Waals surface area contributed by atoms with Gasteiger partial charge < -0.3 is 9.47 Å². The lowest BCUT2D eigenvalue weighted by Crippen LogP contribution is -2.32. The number of hydrogen-bond acceptors (Lipinski definition) is 7. The maximum absolute atomic E-state index is 13.6. The highest BCUT2D eigenvalue weighted by Gasteiger charge is 2.59. The second kappa shape index (κ2) is 12.3. The van der Waals surface area contributed by atoms with Crippen molar-refractivity contribution in [1.82, 2.24) is 4.98 Å². The molecule has 8 rings (SSSR count). The Morgan fingerprint density at radius 2 is 1.47 bits per heavy atom. The Bertz CT molecular complexity index is 2110. The number of allylic oxidation sites excluding steroid dienone is 2. The first-order valence-corrected chi connectivity index (χ1v) is 16.4. The van der Waals surface area contributed by atoms with Crippen LogP contribution in [0.3, 0.4) is 0 Å². The largest absolute Gasteiger partial charge is 0.489 e. The molecular formula is C41H32N2O6. The molecule has 4 aromatic carbocycles. The molecule has 1 saturated heterocycles. The summed E-state index contributed by atoms with van der Waals surface area (Å²) in [5.74, 6) is -0.901. The molecule has 1 aliphatic heterocycles. The molecule has 2 bridgehead atoms. The number of benzene rings is 4. The molecule has 2 fully saturated rings. The number of carbonyl (C=O) groups is 4. The lowest BCUT2D eigenvalue weighted by molar-refractivity contribution is -0.123. The van der Waals surface area contributed by atoms with Gasteiger partial charge in [-0.2, -0.15) is 0 Å². The van der Waals surface area contributed by atoms with Crippen LogP contribution in [0.15, 0.2) is 121 Å². The summed E-state index contributed by atoms with van der Waals surface area (Å²) < 4.78 is 11.5. The Hall–Kier alpha value is -5.89. The zero-order chi connectivity index (χ0) is 33.6. The molecule has 2 heterocycles. The van der Waals surface area contributed by atoms with Crippen LogP contribution in [-0.2, 0) is 20.9 Å². The predicted molar refractivity (Wildman–Crippen MR) is 184 cm³/mol. The van der Waals surface area contributed by atoms with E-state index in [4.69, 9.17) is 14.5 Å². The molecule has 8 nitrogen and oxygen atoms in total. The van der Waals surface area contributed by atoms with Gasteiger partial charge in [0, 0.05) is 16.5 Å². The van der Waals surface area contributed by atoms with Gasteiger partial charge in [-0.25, -0.2) is 9.78 Å². The van der Waals surface area contributed by atoms with E-state index in [2.05, 4.69) is 12.2 Å². The Morgan fingerprint density at radius 3 is 2.16 bits per heavy atom. The molecular weight excluding hydrogens is 616 g/mol. The monoisotopic (exact) mass is 648 g/mol. The number of fused-ring (bicyclic) bond motifs is 6. The van der Waals surface area contributed by atoms with Crippen LogP contribution in [0.1, 0.15) is 39.6 Å². The second-order valence-electron chi connectivity index (χ2n) is 12.8. The number of nitrogens with zero attached hydrogens (tertiary/aromatic N) is 2. The summed E-state index contributed by atoms with van der Waals surface area (Å²) in [5.41, 5.74) is 4.03. The number of Topliss-reactive ketones (excluding diaryl/α,β-unsaturated/α-hetero) is 1. The quantitative estimate of drug-likeness (QED) is 0.0720. The lowest BCUT2D eigenvalue weighted by Gasteiger charge is -2.18. The number of rotatable bonds is 9. The van der Waals surface area contributed by atoms with Gasteiger partial charge in [0.1, 0.15) is 12.4 Å². The number of ether oxygens (including phenoxy) is 2. The van der Waals surface area contributed by atoms with Crippen molar-refractivity contribution in [2.45, 2.75) is 26.1 Å². The van der Waals surface area contributed by atoms with Crippen LogP contribution in [0.4, 0.5) is 5.69 Å². The van der Waals surface area contributed by atoms with E-state index in [0.29, 0.717) is 45.8 Å². The van der Waals surface area contributed by atoms with Gasteiger partial charge in [-0.15, -0.1) is 0 Å².